The number of halogens is 2. The van der Waals surface area contributed by atoms with Gasteiger partial charge < -0.3 is 86.9 Å². The maximum Gasteiger partial charge on any atom is 0.119 e. The number of aliphatic hydroxyl groups is 2. The smallest absolute Gasteiger partial charge is 0.119 e. The minimum absolute atomic E-state index is 0. The molecule has 12 nitrogen and oxygen atoms in total. The van der Waals surface area contributed by atoms with Crippen molar-refractivity contribution in [3.63, 3.8) is 0 Å². The van der Waals surface area contributed by atoms with Crippen molar-refractivity contribution in [2.45, 2.75) is 146 Å². The Morgan fingerprint density at radius 2 is 0.883 bits per heavy atom. The third kappa shape index (κ3) is 20.3. The molecule has 3 aliphatic rings. The molecule has 3 fully saturated rings. The van der Waals surface area contributed by atoms with E-state index in [1.54, 1.807) is 0 Å². The van der Waals surface area contributed by atoms with Crippen LogP contribution in [0.5, 0.6) is 23.0 Å². The summed E-state index contributed by atoms with van der Waals surface area (Å²) in [6.07, 6.45) is 6.20. The molecule has 0 radical (unpaired) electrons. The zero-order valence-electron chi connectivity index (χ0n) is 48.8. The van der Waals surface area contributed by atoms with Crippen LogP contribution in [0.15, 0.2) is 97.1 Å². The van der Waals surface area contributed by atoms with E-state index in [1.165, 1.54) is 56.2 Å². The average molecular weight is 1200 g/mol. The molecule has 4 unspecified atom stereocenters. The van der Waals surface area contributed by atoms with Crippen LogP contribution in [0.2, 0.25) is 0 Å². The van der Waals surface area contributed by atoms with Gasteiger partial charge in [-0.1, -0.05) is 76.2 Å². The Kier molecular flexibility index (Phi) is 23.4. The van der Waals surface area contributed by atoms with E-state index in [4.69, 9.17) is 28.4 Å². The molecular weight excluding hydrogens is 1100 g/mol. The summed E-state index contributed by atoms with van der Waals surface area (Å²) < 4.78 is 36.6. The normalized spacial score (nSPS) is 19.1. The van der Waals surface area contributed by atoms with E-state index in [9.17, 15) is 10.2 Å². The van der Waals surface area contributed by atoms with Crippen LogP contribution in [-0.4, -0.2) is 173 Å². The highest BCUT2D eigenvalue weighted by Crippen LogP contribution is 2.36. The Labute approximate surface area is 484 Å². The molecule has 0 aromatic heterocycles. The molecule has 0 aliphatic carbocycles. The van der Waals surface area contributed by atoms with Crippen molar-refractivity contribution >= 4 is 0 Å². The zero-order chi connectivity index (χ0) is 54.1. The van der Waals surface area contributed by atoms with Gasteiger partial charge in [0.05, 0.1) is 67.1 Å². The number of likely N-dealkylation sites (N-methyl/N-ethyl adjacent to an activating group) is 1. The van der Waals surface area contributed by atoms with E-state index in [-0.39, 0.29) is 81.3 Å². The van der Waals surface area contributed by atoms with Crippen molar-refractivity contribution in [2.24, 2.45) is 0 Å². The monoisotopic (exact) mass is 1190 g/mol. The van der Waals surface area contributed by atoms with Crippen LogP contribution in [-0.2, 0) is 20.3 Å². The topological polar surface area (TPSA) is 118 Å². The Balaban J connectivity index is 0.00000547. The highest BCUT2D eigenvalue weighted by molar-refractivity contribution is 5.43. The molecule has 14 heteroatoms. The second-order valence-electron chi connectivity index (χ2n) is 25.8. The average Bonchev–Trinajstić information content (AvgIpc) is 4.31. The van der Waals surface area contributed by atoms with Gasteiger partial charge in [-0.25, -0.2) is 0 Å². The van der Waals surface area contributed by atoms with E-state index in [0.717, 1.165) is 57.9 Å². The van der Waals surface area contributed by atoms with Crippen molar-refractivity contribution in [1.82, 2.24) is 10.2 Å². The third-order valence-electron chi connectivity index (χ3n) is 16.2. The molecule has 0 amide bonds. The quantitative estimate of drug-likeness (QED) is 0.0394. The molecule has 4 aromatic rings. The van der Waals surface area contributed by atoms with Gasteiger partial charge in [0.15, 0.2) is 0 Å². The Bertz CT molecular complexity index is 2210. The van der Waals surface area contributed by atoms with Gasteiger partial charge in [0.25, 0.3) is 0 Å². The lowest BCUT2D eigenvalue weighted by atomic mass is 9.78. The lowest BCUT2D eigenvalue weighted by Crippen LogP contribution is -3.00. The molecule has 0 saturated carbocycles. The van der Waals surface area contributed by atoms with Crippen LogP contribution >= 0.6 is 0 Å². The van der Waals surface area contributed by atoms with Gasteiger partial charge in [-0.05, 0) is 124 Å². The number of hydrogen-bond donors (Lipinski definition) is 3. The molecule has 3 aliphatic heterocycles. The number of nitrogens with one attached hydrogen (secondary N) is 1. The summed E-state index contributed by atoms with van der Waals surface area (Å²) in [6, 6.07) is 33.6. The number of nitrogens with zero attached hydrogens (tertiary/aromatic N) is 3. The Hall–Kier alpha value is -3.28. The van der Waals surface area contributed by atoms with Crippen molar-refractivity contribution < 1.29 is 81.6 Å². The van der Waals surface area contributed by atoms with Gasteiger partial charge in [0.1, 0.15) is 73.8 Å². The van der Waals surface area contributed by atoms with Crippen molar-refractivity contribution in [1.29, 1.82) is 0 Å². The summed E-state index contributed by atoms with van der Waals surface area (Å²) in [7, 11) is 9.48. The first-order valence-corrected chi connectivity index (χ1v) is 28.1. The summed E-state index contributed by atoms with van der Waals surface area (Å²) in [4.78, 5) is 2.18. The predicted octanol–water partition coefficient (Wildman–Crippen LogP) is 3.41. The van der Waals surface area contributed by atoms with Gasteiger partial charge in [-0.15, -0.1) is 0 Å². The number of hydrogen-bond acceptors (Lipinski definition) is 10. The predicted molar refractivity (Wildman–Crippen MR) is 302 cm³/mol. The molecule has 430 valence electrons. The molecule has 7 rings (SSSR count). The Morgan fingerprint density at radius 1 is 0.545 bits per heavy atom. The largest absolute Gasteiger partial charge is 1.00 e. The number of unbranched alkanes of at least 4 members (excludes halogenated alkanes) is 3. The number of quaternary nitrogens is 2. The van der Waals surface area contributed by atoms with Gasteiger partial charge in [-0.3, -0.25) is 4.90 Å². The Morgan fingerprint density at radius 3 is 1.23 bits per heavy atom. The second-order valence-corrected chi connectivity index (χ2v) is 25.8. The number of piperidine rings is 1. The summed E-state index contributed by atoms with van der Waals surface area (Å²) in [6.45, 7) is 25.9. The minimum atomic E-state index is -0.765. The SMILES string of the molecule is CC1(C)CC([N+](C)(C)CCCCCC[N+](C)(C)CCN(CC(O)COc2ccc(C(C)(C)c3ccc(OCC4CO4)cc3)cc2)CC(O)COc2ccc(C(C)(C)c3ccc(OCC4CO4)cc3)cc2)CC(C)(C)N1.[Br-].[Br-]. The summed E-state index contributed by atoms with van der Waals surface area (Å²) in [5, 5.41) is 26.8. The minimum Gasteiger partial charge on any atom is -1.00 e. The first-order valence-electron chi connectivity index (χ1n) is 28.1. The standard InChI is InChI=1S/C63H96N4O8.2BrH/c1-60(2)37-51(38-61(3,4)64-60)67(11,12)35-16-14-13-15-34-66(9,10)36-33-65(39-52(68)41-70-54-25-17-47(18-26-54)62(5,6)49-21-29-56(30-22-49)72-43-58-45-74-58)40-53(69)42-71-55-27-19-48(20-28-55)63(7,8)50-23-31-57(32-24-50)73-44-59-46-75-59;;/h17-32,51-53,58-59,64,68-69H,13-16,33-46H2,1-12H3;2*1H/q+2;;/p-2. The molecular formula is C63H96Br2N4O8. The summed E-state index contributed by atoms with van der Waals surface area (Å²) in [5.41, 5.74) is 4.54. The van der Waals surface area contributed by atoms with E-state index in [1.807, 2.05) is 48.5 Å². The maximum absolute atomic E-state index is 11.5. The number of rotatable bonds is 31. The molecule has 4 aromatic carbocycles. The first-order chi connectivity index (χ1) is 35.4. The fourth-order valence-electron chi connectivity index (χ4n) is 11.1. The van der Waals surface area contributed by atoms with Crippen LogP contribution in [0.1, 0.15) is 116 Å². The van der Waals surface area contributed by atoms with Gasteiger partial charge >= 0.3 is 0 Å². The number of benzene rings is 4. The van der Waals surface area contributed by atoms with Gasteiger partial charge in [-0.2, -0.15) is 0 Å². The van der Waals surface area contributed by atoms with Crippen molar-refractivity contribution in [3.8, 4) is 23.0 Å². The zero-order valence-corrected chi connectivity index (χ0v) is 52.0. The number of ether oxygens (including phenoxy) is 6. The van der Waals surface area contributed by atoms with Crippen LogP contribution in [0.25, 0.3) is 0 Å². The lowest BCUT2D eigenvalue weighted by molar-refractivity contribution is -0.917. The van der Waals surface area contributed by atoms with Gasteiger partial charge in [0, 0.05) is 54.4 Å². The second kappa shape index (κ2) is 27.9. The molecule has 3 heterocycles. The third-order valence-corrected chi connectivity index (χ3v) is 16.2. The van der Waals surface area contributed by atoms with Crippen LogP contribution in [0.3, 0.4) is 0 Å². The van der Waals surface area contributed by atoms with E-state index < -0.39 is 12.2 Å². The fourth-order valence-corrected chi connectivity index (χ4v) is 11.1. The van der Waals surface area contributed by atoms with Crippen LogP contribution in [0.4, 0.5) is 0 Å². The van der Waals surface area contributed by atoms with E-state index >= 15 is 0 Å². The molecule has 3 N–H and O–H groups in total. The van der Waals surface area contributed by atoms with E-state index in [0.29, 0.717) is 50.4 Å². The molecule has 3 saturated heterocycles. The van der Waals surface area contributed by atoms with Crippen LogP contribution < -0.4 is 58.2 Å². The van der Waals surface area contributed by atoms with Crippen molar-refractivity contribution in [3.05, 3.63) is 119 Å². The molecule has 0 spiro atoms. The first kappa shape index (κ1) is 64.5. The lowest BCUT2D eigenvalue weighted by Gasteiger charge is -2.51. The van der Waals surface area contributed by atoms with Gasteiger partial charge in [0.2, 0.25) is 0 Å². The summed E-state index contributed by atoms with van der Waals surface area (Å²) >= 11 is 0. The van der Waals surface area contributed by atoms with Crippen LogP contribution in [0, 0.1) is 0 Å². The number of aliphatic hydroxyl groups excluding tert-OH is 2. The molecule has 4 atom stereocenters. The highest BCUT2D eigenvalue weighted by atomic mass is 79.9. The highest BCUT2D eigenvalue weighted by Gasteiger charge is 2.44. The molecule has 0 bridgehead atoms. The fraction of sp³-hybridized carbons (Fsp3) is 0.619. The van der Waals surface area contributed by atoms with Crippen molar-refractivity contribution in [2.75, 3.05) is 107 Å². The number of epoxide rings is 2. The summed E-state index contributed by atoms with van der Waals surface area (Å²) in [5.74, 6) is 3.10. The maximum atomic E-state index is 11.5. The molecule has 77 heavy (non-hydrogen) atoms. The van der Waals surface area contributed by atoms with E-state index in [2.05, 4.69) is 142 Å².